The van der Waals surface area contributed by atoms with Gasteiger partial charge in [0.2, 0.25) is 0 Å². The third-order valence-corrected chi connectivity index (χ3v) is 4.32. The van der Waals surface area contributed by atoms with Crippen molar-refractivity contribution in [2.45, 2.75) is 82.2 Å². The van der Waals surface area contributed by atoms with Crippen LogP contribution < -0.4 is 0 Å². The van der Waals surface area contributed by atoms with Crippen LogP contribution in [0.25, 0.3) is 0 Å². The summed E-state index contributed by atoms with van der Waals surface area (Å²) in [4.78, 5) is 9.40. The van der Waals surface area contributed by atoms with Gasteiger partial charge in [-0.25, -0.2) is 0 Å². The van der Waals surface area contributed by atoms with Gasteiger partial charge in [0.25, 0.3) is 0 Å². The highest BCUT2D eigenvalue weighted by Crippen LogP contribution is 2.29. The van der Waals surface area contributed by atoms with E-state index in [1.807, 2.05) is 25.6 Å². The largest absolute Gasteiger partial charge is 0.396 e. The Morgan fingerprint density at radius 1 is 1.38 bits per heavy atom. The van der Waals surface area contributed by atoms with E-state index in [1.54, 1.807) is 0 Å². The molecule has 24 heavy (non-hydrogen) atoms. The highest BCUT2D eigenvalue weighted by atomic mass is 35.5. The molecule has 3 nitrogen and oxygen atoms in total. The van der Waals surface area contributed by atoms with Gasteiger partial charge < -0.3 is 14.6 Å². The Morgan fingerprint density at radius 3 is 2.21 bits per heavy atom. The Bertz CT molecular complexity index is 234. The van der Waals surface area contributed by atoms with Gasteiger partial charge in [-0.3, -0.25) is 0 Å². The van der Waals surface area contributed by atoms with Crippen molar-refractivity contribution in [1.29, 1.82) is 0 Å². The van der Waals surface area contributed by atoms with E-state index in [0.717, 1.165) is 31.0 Å². The van der Waals surface area contributed by atoms with Crippen LogP contribution in [0.1, 0.15) is 66.2 Å². The van der Waals surface area contributed by atoms with Gasteiger partial charge in [-0.1, -0.05) is 34.1 Å². The van der Waals surface area contributed by atoms with Crippen LogP contribution in [0.4, 0.5) is 0 Å². The number of thioether (sulfide) groups is 1. The number of thiol groups is 1. The van der Waals surface area contributed by atoms with Crippen molar-refractivity contribution in [3.05, 3.63) is 0 Å². The van der Waals surface area contributed by atoms with Gasteiger partial charge >= 0.3 is 0 Å². The Labute approximate surface area is 169 Å². The number of hydrogen-bond donors (Lipinski definition) is 2. The summed E-state index contributed by atoms with van der Waals surface area (Å²) in [7, 11) is 0. The number of ether oxygens (including phenoxy) is 1. The smallest absolute Gasteiger partial charge is 0.119 e. The minimum atomic E-state index is 0.194. The maximum atomic E-state index is 9.40. The first-order valence-corrected chi connectivity index (χ1v) is 11.1. The molecule has 3 unspecified atom stereocenters. The van der Waals surface area contributed by atoms with Crippen molar-refractivity contribution in [1.82, 2.24) is 0 Å². The quantitative estimate of drug-likeness (QED) is 0.324. The molecular formula is C17H36Cl2O3S2. The third-order valence-electron chi connectivity index (χ3n) is 2.69. The number of aliphatic hydroxyl groups is 1. The normalized spacial score (nSPS) is 20.2. The fraction of sp³-hybridized carbons (Fsp3) is 0.941. The van der Waals surface area contributed by atoms with E-state index < -0.39 is 0 Å². The second kappa shape index (κ2) is 26.1. The molecule has 0 radical (unpaired) electrons. The van der Waals surface area contributed by atoms with E-state index in [0.29, 0.717) is 17.1 Å². The van der Waals surface area contributed by atoms with Crippen LogP contribution in [-0.2, 0) is 9.53 Å². The van der Waals surface area contributed by atoms with Gasteiger partial charge in [-0.2, -0.15) is 12.6 Å². The maximum absolute atomic E-state index is 9.40. The van der Waals surface area contributed by atoms with Crippen molar-refractivity contribution in [3.8, 4) is 0 Å². The van der Waals surface area contributed by atoms with Crippen LogP contribution in [-0.4, -0.2) is 45.9 Å². The summed E-state index contributed by atoms with van der Waals surface area (Å²) in [6.45, 7) is 9.66. The van der Waals surface area contributed by atoms with E-state index in [4.69, 9.17) is 33.0 Å². The lowest BCUT2D eigenvalue weighted by Gasteiger charge is -2.26. The SMILES string of the molecule is CC(S)CCO.CCCC1OCCC(C)S1.CCCC=O.ClCCl. The molecule has 0 aromatic carbocycles. The van der Waals surface area contributed by atoms with Crippen LogP contribution in [0.5, 0.6) is 0 Å². The van der Waals surface area contributed by atoms with E-state index in [-0.39, 0.29) is 11.9 Å². The van der Waals surface area contributed by atoms with Crippen molar-refractivity contribution < 1.29 is 14.6 Å². The van der Waals surface area contributed by atoms with Crippen LogP contribution >= 0.6 is 47.6 Å². The van der Waals surface area contributed by atoms with Crippen LogP contribution in [0, 0.1) is 0 Å². The lowest BCUT2D eigenvalue weighted by molar-refractivity contribution is -0.107. The minimum Gasteiger partial charge on any atom is -0.396 e. The molecule has 1 aliphatic rings. The van der Waals surface area contributed by atoms with Crippen LogP contribution in [0.3, 0.4) is 0 Å². The Balaban J connectivity index is -0.000000273. The summed E-state index contributed by atoms with van der Waals surface area (Å²) >= 11 is 15.5. The van der Waals surface area contributed by atoms with E-state index in [9.17, 15) is 4.79 Å². The Morgan fingerprint density at radius 2 is 1.96 bits per heavy atom. The van der Waals surface area contributed by atoms with Crippen LogP contribution in [0.15, 0.2) is 0 Å². The number of carbonyl (C=O) groups is 1. The van der Waals surface area contributed by atoms with Crippen molar-refractivity contribution in [2.24, 2.45) is 0 Å². The number of halogens is 2. The van der Waals surface area contributed by atoms with E-state index in [2.05, 4.69) is 26.5 Å². The number of hydrogen-bond acceptors (Lipinski definition) is 5. The van der Waals surface area contributed by atoms with E-state index in [1.165, 1.54) is 19.3 Å². The molecule has 0 amide bonds. The van der Waals surface area contributed by atoms with Gasteiger partial charge in [0.15, 0.2) is 0 Å². The summed E-state index contributed by atoms with van der Waals surface area (Å²) in [5, 5.41) is 9.54. The maximum Gasteiger partial charge on any atom is 0.119 e. The number of rotatable bonds is 6. The number of carbonyl (C=O) groups excluding carboxylic acids is 1. The third kappa shape index (κ3) is 30.7. The number of unbranched alkanes of at least 4 members (excludes halogenated alkanes) is 1. The second-order valence-corrected chi connectivity index (χ2v) is 8.53. The van der Waals surface area contributed by atoms with Crippen molar-refractivity contribution >= 4 is 53.9 Å². The number of aliphatic hydroxyl groups excluding tert-OH is 1. The number of aldehydes is 1. The molecule has 0 aromatic heterocycles. The van der Waals surface area contributed by atoms with Crippen molar-refractivity contribution in [2.75, 3.05) is 18.6 Å². The zero-order valence-electron chi connectivity index (χ0n) is 15.5. The first kappa shape index (κ1) is 29.6. The molecule has 3 atom stereocenters. The Hall–Kier alpha value is 0.870. The molecule has 1 heterocycles. The summed E-state index contributed by atoms with van der Waals surface area (Å²) in [6, 6.07) is 0. The van der Waals surface area contributed by atoms with Crippen LogP contribution in [0.2, 0.25) is 0 Å². The molecule has 7 heteroatoms. The fourth-order valence-corrected chi connectivity index (χ4v) is 2.84. The van der Waals surface area contributed by atoms with Gasteiger partial charge in [0, 0.05) is 30.1 Å². The molecule has 1 N–H and O–H groups in total. The lowest BCUT2D eigenvalue weighted by Crippen LogP contribution is -2.21. The molecule has 148 valence electrons. The molecule has 0 bridgehead atoms. The minimum absolute atomic E-state index is 0.194. The highest BCUT2D eigenvalue weighted by Gasteiger charge is 2.18. The van der Waals surface area contributed by atoms with E-state index >= 15 is 0 Å². The summed E-state index contributed by atoms with van der Waals surface area (Å²) < 4.78 is 5.55. The van der Waals surface area contributed by atoms with Crippen molar-refractivity contribution in [3.63, 3.8) is 0 Å². The van der Waals surface area contributed by atoms with Gasteiger partial charge in [-0.05, 0) is 25.7 Å². The zero-order valence-corrected chi connectivity index (χ0v) is 18.8. The lowest BCUT2D eigenvalue weighted by atomic mass is 10.3. The summed E-state index contributed by atoms with van der Waals surface area (Å²) in [5.41, 5.74) is 0.494. The first-order chi connectivity index (χ1) is 11.4. The topological polar surface area (TPSA) is 46.5 Å². The molecule has 1 saturated heterocycles. The zero-order chi connectivity index (χ0) is 19.2. The standard InChI is InChI=1S/C8H16OS.C4H10OS.C4H8O.CH2Cl2/c1-3-4-8-9-6-5-7(2)10-8;1-4(6)2-3-5;1-2-3-4-5;2-1-3/h7-8H,3-6H2,1-2H3;4-6H,2-3H2,1H3;4H,2-3H2,1H3;1H2. The molecule has 0 aromatic rings. The Kier molecular flexibility index (Phi) is 32.2. The first-order valence-electron chi connectivity index (χ1n) is 8.54. The van der Waals surface area contributed by atoms with Gasteiger partial charge in [0.1, 0.15) is 11.7 Å². The fourth-order valence-electron chi connectivity index (χ4n) is 1.42. The molecule has 0 spiro atoms. The predicted molar refractivity (Wildman–Crippen MR) is 114 cm³/mol. The summed E-state index contributed by atoms with van der Waals surface area (Å²) in [6.07, 6.45) is 7.09. The monoisotopic (exact) mass is 422 g/mol. The van der Waals surface area contributed by atoms with Gasteiger partial charge in [-0.15, -0.1) is 35.0 Å². The molecule has 1 aliphatic heterocycles. The molecule has 1 fully saturated rings. The molecule has 1 rings (SSSR count). The average Bonchev–Trinajstić information content (AvgIpc) is 2.50. The summed E-state index contributed by atoms with van der Waals surface area (Å²) in [5.74, 6) is 0. The molecule has 0 aliphatic carbocycles. The molecule has 0 saturated carbocycles. The van der Waals surface area contributed by atoms with Gasteiger partial charge in [0.05, 0.1) is 5.34 Å². The second-order valence-electron chi connectivity index (χ2n) is 5.24. The number of alkyl halides is 2. The predicted octanol–water partition coefficient (Wildman–Crippen LogP) is 5.75. The highest BCUT2D eigenvalue weighted by molar-refractivity contribution is 8.00. The molecular weight excluding hydrogens is 387 g/mol. The average molecular weight is 424 g/mol.